The Morgan fingerprint density at radius 2 is 2.17 bits per heavy atom. The molecule has 154 valence electrons. The Balaban J connectivity index is 1.71. The second-order valence-corrected chi connectivity index (χ2v) is 7.37. The molecule has 8 nitrogen and oxygen atoms in total. The summed E-state index contributed by atoms with van der Waals surface area (Å²) in [6, 6.07) is 6.01. The molecule has 0 radical (unpaired) electrons. The van der Waals surface area contributed by atoms with Crippen LogP contribution in [-0.4, -0.2) is 63.9 Å². The number of aliphatic hydroxyl groups excluding tert-OH is 1. The first-order valence-corrected chi connectivity index (χ1v) is 9.80. The molecule has 1 fully saturated rings. The molecule has 29 heavy (non-hydrogen) atoms. The van der Waals surface area contributed by atoms with Crippen LogP contribution in [0.1, 0.15) is 24.0 Å². The van der Waals surface area contributed by atoms with Crippen LogP contribution < -0.4 is 5.32 Å². The normalized spacial score (nSPS) is 16.0. The Labute approximate surface area is 170 Å². The minimum atomic E-state index is -0.0536. The number of aliphatic hydroxyl groups is 1. The molecule has 0 atom stereocenters. The lowest BCUT2D eigenvalue weighted by molar-refractivity contribution is -0.125. The van der Waals surface area contributed by atoms with Gasteiger partial charge in [-0.2, -0.15) is 0 Å². The average Bonchev–Trinajstić information content (AvgIpc) is 3.16. The lowest BCUT2D eigenvalue weighted by Crippen LogP contribution is -2.41. The van der Waals surface area contributed by atoms with Crippen molar-refractivity contribution in [1.29, 1.82) is 0 Å². The van der Waals surface area contributed by atoms with Crippen LogP contribution in [0.3, 0.4) is 0 Å². The topological polar surface area (TPSA) is 95.6 Å². The molecule has 1 aromatic heterocycles. The van der Waals surface area contributed by atoms with Crippen molar-refractivity contribution >= 4 is 18.7 Å². The summed E-state index contributed by atoms with van der Waals surface area (Å²) in [6.45, 7) is 8.06. The minimum absolute atomic E-state index is 0.0324. The fourth-order valence-corrected chi connectivity index (χ4v) is 3.49. The third kappa shape index (κ3) is 5.36. The van der Waals surface area contributed by atoms with Gasteiger partial charge in [-0.3, -0.25) is 9.48 Å². The number of β-amino-alcohol motifs (C(OH)–C–C–N with tert-alkyl or cyclic N) is 1. The minimum Gasteiger partial charge on any atom is -0.395 e. The molecule has 0 unspecified atom stereocenters. The summed E-state index contributed by atoms with van der Waals surface area (Å²) in [4.78, 5) is 18.9. The maximum atomic E-state index is 12.7. The van der Waals surface area contributed by atoms with Crippen LogP contribution in [0.4, 0.5) is 0 Å². The van der Waals surface area contributed by atoms with E-state index in [0.29, 0.717) is 12.4 Å². The number of aryl methyl sites for hydroxylation is 2. The second-order valence-electron chi connectivity index (χ2n) is 7.37. The quantitative estimate of drug-likeness (QED) is 0.694. The standard InChI is InChI=1S/C21H28N6O2/c1-15-4-5-17(19-14-26(3)25-24-19)12-18(15)13-20(22-2)23-21(29)16-6-8-27(9-7-16)10-11-28/h4-5,12-14,16,28H,2,6-11H2,1,3H3,(H,23,29)/b20-13+. The third-order valence-corrected chi connectivity index (χ3v) is 5.27. The fraction of sp³-hybridized carbons (Fsp3) is 0.429. The van der Waals surface area contributed by atoms with Gasteiger partial charge in [0.1, 0.15) is 11.5 Å². The van der Waals surface area contributed by atoms with Gasteiger partial charge >= 0.3 is 0 Å². The number of hydrogen-bond acceptors (Lipinski definition) is 6. The third-order valence-electron chi connectivity index (χ3n) is 5.27. The molecule has 0 saturated carbocycles. The first kappa shape index (κ1) is 20.9. The van der Waals surface area contributed by atoms with Crippen LogP contribution in [0.2, 0.25) is 0 Å². The number of likely N-dealkylation sites (tertiary alicyclic amines) is 1. The van der Waals surface area contributed by atoms with Gasteiger partial charge in [0, 0.05) is 25.1 Å². The van der Waals surface area contributed by atoms with E-state index in [1.165, 1.54) is 0 Å². The Morgan fingerprint density at radius 1 is 1.41 bits per heavy atom. The molecule has 1 aromatic carbocycles. The average molecular weight is 396 g/mol. The number of rotatable bonds is 7. The zero-order valence-electron chi connectivity index (χ0n) is 17.0. The first-order valence-electron chi connectivity index (χ1n) is 9.80. The van der Waals surface area contributed by atoms with Gasteiger partial charge in [-0.1, -0.05) is 17.3 Å². The maximum Gasteiger partial charge on any atom is 0.228 e. The van der Waals surface area contributed by atoms with Crippen LogP contribution >= 0.6 is 0 Å². The summed E-state index contributed by atoms with van der Waals surface area (Å²) in [5, 5.41) is 20.1. The molecule has 1 aliphatic rings. The maximum absolute atomic E-state index is 12.7. The molecule has 2 N–H and O–H groups in total. The number of aliphatic imine (C=N–C) groups is 1. The van der Waals surface area contributed by atoms with Gasteiger partial charge in [0.25, 0.3) is 0 Å². The van der Waals surface area contributed by atoms with Crippen LogP contribution in [0.15, 0.2) is 35.2 Å². The van der Waals surface area contributed by atoms with E-state index in [0.717, 1.165) is 48.3 Å². The Bertz CT molecular complexity index is 896. The van der Waals surface area contributed by atoms with Crippen LogP contribution in [0.5, 0.6) is 0 Å². The van der Waals surface area contributed by atoms with Crippen molar-refractivity contribution in [1.82, 2.24) is 25.2 Å². The van der Waals surface area contributed by atoms with E-state index in [1.54, 1.807) is 4.68 Å². The van der Waals surface area contributed by atoms with Crippen molar-refractivity contribution in [2.75, 3.05) is 26.2 Å². The van der Waals surface area contributed by atoms with E-state index in [-0.39, 0.29) is 18.4 Å². The number of piperidine rings is 1. The highest BCUT2D eigenvalue weighted by atomic mass is 16.3. The summed E-state index contributed by atoms with van der Waals surface area (Å²) in [6.07, 6.45) is 5.24. The van der Waals surface area contributed by atoms with Crippen molar-refractivity contribution in [2.24, 2.45) is 18.0 Å². The van der Waals surface area contributed by atoms with Gasteiger partial charge in [-0.25, -0.2) is 4.99 Å². The molecular formula is C21H28N6O2. The molecule has 8 heteroatoms. The van der Waals surface area contributed by atoms with Crippen LogP contribution in [0.25, 0.3) is 17.3 Å². The summed E-state index contributed by atoms with van der Waals surface area (Å²) in [5.74, 6) is 0.351. The van der Waals surface area contributed by atoms with Crippen molar-refractivity contribution in [3.8, 4) is 11.3 Å². The number of nitrogens with one attached hydrogen (secondary N) is 1. The van der Waals surface area contributed by atoms with Crippen LogP contribution in [0, 0.1) is 12.8 Å². The van der Waals surface area contributed by atoms with Gasteiger partial charge in [-0.05, 0) is 62.8 Å². The Morgan fingerprint density at radius 3 is 2.79 bits per heavy atom. The van der Waals surface area contributed by atoms with Gasteiger partial charge in [0.15, 0.2) is 0 Å². The SMILES string of the molecule is C=N/C(=C\c1cc(-c2cn(C)nn2)ccc1C)NC(=O)C1CCN(CCO)CC1. The largest absolute Gasteiger partial charge is 0.395 e. The highest BCUT2D eigenvalue weighted by Crippen LogP contribution is 2.22. The lowest BCUT2D eigenvalue weighted by Gasteiger charge is -2.30. The number of benzene rings is 1. The number of nitrogens with zero attached hydrogens (tertiary/aromatic N) is 5. The van der Waals surface area contributed by atoms with Gasteiger partial charge in [-0.15, -0.1) is 5.10 Å². The molecule has 2 heterocycles. The van der Waals surface area contributed by atoms with Gasteiger partial charge in [0.05, 0.1) is 12.8 Å². The van der Waals surface area contributed by atoms with Crippen molar-refractivity contribution in [3.05, 3.63) is 41.3 Å². The van der Waals surface area contributed by atoms with E-state index in [2.05, 4.69) is 32.2 Å². The van der Waals surface area contributed by atoms with Crippen molar-refractivity contribution in [3.63, 3.8) is 0 Å². The van der Waals surface area contributed by atoms with Crippen molar-refractivity contribution in [2.45, 2.75) is 19.8 Å². The monoisotopic (exact) mass is 396 g/mol. The summed E-state index contributed by atoms with van der Waals surface area (Å²) < 4.78 is 1.66. The molecule has 0 spiro atoms. The lowest BCUT2D eigenvalue weighted by atomic mass is 9.96. The second kappa shape index (κ2) is 9.58. The number of carbonyl (C=O) groups excluding carboxylic acids is 1. The zero-order valence-corrected chi connectivity index (χ0v) is 17.0. The molecule has 2 aromatic rings. The molecular weight excluding hydrogens is 368 g/mol. The predicted octanol–water partition coefficient (Wildman–Crippen LogP) is 1.61. The molecule has 1 aliphatic heterocycles. The van der Waals surface area contributed by atoms with E-state index in [4.69, 9.17) is 5.11 Å². The number of amides is 1. The van der Waals surface area contributed by atoms with E-state index >= 15 is 0 Å². The first-order chi connectivity index (χ1) is 14.0. The number of aromatic nitrogens is 3. The highest BCUT2D eigenvalue weighted by Gasteiger charge is 2.25. The smallest absolute Gasteiger partial charge is 0.228 e. The summed E-state index contributed by atoms with van der Waals surface area (Å²) in [5.41, 5.74) is 3.73. The van der Waals surface area contributed by atoms with E-state index in [9.17, 15) is 4.79 Å². The Kier molecular flexibility index (Phi) is 6.90. The number of carbonyl (C=O) groups is 1. The molecule has 3 rings (SSSR count). The number of hydrogen-bond donors (Lipinski definition) is 2. The van der Waals surface area contributed by atoms with Gasteiger partial charge in [0.2, 0.25) is 5.91 Å². The van der Waals surface area contributed by atoms with Gasteiger partial charge < -0.3 is 15.3 Å². The molecule has 1 saturated heterocycles. The Hall–Kier alpha value is -2.84. The molecule has 1 amide bonds. The predicted molar refractivity (Wildman–Crippen MR) is 113 cm³/mol. The highest BCUT2D eigenvalue weighted by molar-refractivity contribution is 5.82. The summed E-state index contributed by atoms with van der Waals surface area (Å²) in [7, 11) is 1.83. The fourth-order valence-electron chi connectivity index (χ4n) is 3.49. The van der Waals surface area contributed by atoms with Crippen molar-refractivity contribution < 1.29 is 9.90 Å². The summed E-state index contributed by atoms with van der Waals surface area (Å²) >= 11 is 0. The molecule has 0 aliphatic carbocycles. The molecule has 0 bridgehead atoms. The van der Waals surface area contributed by atoms with E-state index in [1.807, 2.05) is 44.4 Å². The van der Waals surface area contributed by atoms with E-state index < -0.39 is 0 Å². The van der Waals surface area contributed by atoms with Crippen LogP contribution in [-0.2, 0) is 11.8 Å². The zero-order chi connectivity index (χ0) is 20.8.